The van der Waals surface area contributed by atoms with Crippen molar-refractivity contribution in [2.24, 2.45) is 0 Å². The molecule has 0 bridgehead atoms. The van der Waals surface area contributed by atoms with Gasteiger partial charge in [0.15, 0.2) is 0 Å². The summed E-state index contributed by atoms with van der Waals surface area (Å²) >= 11 is 11.5. The number of benzene rings is 1. The summed E-state index contributed by atoms with van der Waals surface area (Å²) in [6.07, 6.45) is 1.28. The van der Waals surface area contributed by atoms with Crippen LogP contribution in [-0.4, -0.2) is 9.91 Å². The highest BCUT2D eigenvalue weighted by Crippen LogP contribution is 2.37. The molecule has 100 valence electrons. The van der Waals surface area contributed by atoms with E-state index in [1.165, 1.54) is 24.4 Å². The van der Waals surface area contributed by atoms with Crippen molar-refractivity contribution in [2.45, 2.75) is 0 Å². The highest BCUT2D eigenvalue weighted by Gasteiger charge is 2.19. The standard InChI is InChI=1S/C12H5Cl2N3O3/c13-9-3-11(17(18)19)12(4-10(9)14)20-8-2-1-7(5-15)16-6-8/h1-4,6H. The van der Waals surface area contributed by atoms with E-state index in [0.717, 1.165) is 6.07 Å². The van der Waals surface area contributed by atoms with Crippen molar-refractivity contribution in [3.8, 4) is 17.6 Å². The molecule has 0 aliphatic rings. The molecule has 0 N–H and O–H groups in total. The molecule has 1 heterocycles. The Kier molecular flexibility index (Phi) is 4.03. The van der Waals surface area contributed by atoms with Gasteiger partial charge in [-0.3, -0.25) is 10.1 Å². The summed E-state index contributed by atoms with van der Waals surface area (Å²) in [7, 11) is 0. The normalized spacial score (nSPS) is 9.85. The second-order valence-electron chi connectivity index (χ2n) is 3.58. The number of halogens is 2. The quantitative estimate of drug-likeness (QED) is 0.632. The smallest absolute Gasteiger partial charge is 0.313 e. The third kappa shape index (κ3) is 2.96. The van der Waals surface area contributed by atoms with Gasteiger partial charge in [0.1, 0.15) is 17.5 Å². The number of aromatic nitrogens is 1. The van der Waals surface area contributed by atoms with Crippen LogP contribution in [0.15, 0.2) is 30.5 Å². The molecular weight excluding hydrogens is 305 g/mol. The second kappa shape index (κ2) is 5.74. The van der Waals surface area contributed by atoms with Gasteiger partial charge in [0.05, 0.1) is 21.2 Å². The van der Waals surface area contributed by atoms with Crippen LogP contribution in [0.2, 0.25) is 10.0 Å². The van der Waals surface area contributed by atoms with Gasteiger partial charge in [-0.05, 0) is 12.1 Å². The van der Waals surface area contributed by atoms with E-state index in [4.69, 9.17) is 33.2 Å². The Morgan fingerprint density at radius 2 is 2.00 bits per heavy atom. The average Bonchev–Trinajstić information content (AvgIpc) is 2.43. The fraction of sp³-hybridized carbons (Fsp3) is 0. The van der Waals surface area contributed by atoms with E-state index in [2.05, 4.69) is 4.98 Å². The largest absolute Gasteiger partial charge is 0.448 e. The first-order valence-corrected chi connectivity index (χ1v) is 5.94. The Labute approximate surface area is 123 Å². The van der Waals surface area contributed by atoms with Crippen molar-refractivity contribution >= 4 is 28.9 Å². The van der Waals surface area contributed by atoms with Gasteiger partial charge in [0.25, 0.3) is 0 Å². The van der Waals surface area contributed by atoms with E-state index in [-0.39, 0.29) is 32.9 Å². The minimum absolute atomic E-state index is 0.0590. The van der Waals surface area contributed by atoms with E-state index in [1.807, 2.05) is 6.07 Å². The molecular formula is C12H5Cl2N3O3. The lowest BCUT2D eigenvalue weighted by atomic mass is 10.3. The average molecular weight is 310 g/mol. The molecule has 20 heavy (non-hydrogen) atoms. The Balaban J connectivity index is 2.39. The molecule has 0 spiro atoms. The summed E-state index contributed by atoms with van der Waals surface area (Å²) in [6, 6.07) is 7.11. The molecule has 0 aliphatic carbocycles. The molecule has 0 atom stereocenters. The lowest BCUT2D eigenvalue weighted by molar-refractivity contribution is -0.385. The molecule has 0 saturated carbocycles. The van der Waals surface area contributed by atoms with Crippen molar-refractivity contribution in [3.05, 3.63) is 56.3 Å². The van der Waals surface area contributed by atoms with Crippen molar-refractivity contribution in [1.82, 2.24) is 4.98 Å². The summed E-state index contributed by atoms with van der Waals surface area (Å²) in [5.74, 6) is 0.182. The molecule has 0 fully saturated rings. The predicted octanol–water partition coefficient (Wildman–Crippen LogP) is 3.96. The van der Waals surface area contributed by atoms with Crippen LogP contribution in [0.1, 0.15) is 5.69 Å². The van der Waals surface area contributed by atoms with Gasteiger partial charge in [-0.25, -0.2) is 4.98 Å². The Bertz CT molecular complexity index is 711. The Morgan fingerprint density at radius 1 is 1.30 bits per heavy atom. The third-order valence-corrected chi connectivity index (χ3v) is 3.00. The number of pyridine rings is 1. The molecule has 6 nitrogen and oxygen atoms in total. The number of nitro groups is 1. The van der Waals surface area contributed by atoms with Crippen LogP contribution >= 0.6 is 23.2 Å². The molecule has 2 aromatic rings. The van der Waals surface area contributed by atoms with Crippen molar-refractivity contribution in [3.63, 3.8) is 0 Å². The molecule has 1 aromatic carbocycles. The van der Waals surface area contributed by atoms with Crippen LogP contribution in [0.5, 0.6) is 11.5 Å². The number of hydrogen-bond acceptors (Lipinski definition) is 5. The maximum absolute atomic E-state index is 10.9. The number of ether oxygens (including phenoxy) is 1. The van der Waals surface area contributed by atoms with E-state index in [0.29, 0.717) is 0 Å². The lowest BCUT2D eigenvalue weighted by Crippen LogP contribution is -1.94. The Morgan fingerprint density at radius 3 is 2.55 bits per heavy atom. The van der Waals surface area contributed by atoms with Gasteiger partial charge in [-0.1, -0.05) is 23.2 Å². The lowest BCUT2D eigenvalue weighted by Gasteiger charge is -2.07. The van der Waals surface area contributed by atoms with Gasteiger partial charge in [-0.2, -0.15) is 5.26 Å². The number of nitro benzene ring substituents is 1. The highest BCUT2D eigenvalue weighted by atomic mass is 35.5. The maximum Gasteiger partial charge on any atom is 0.313 e. The van der Waals surface area contributed by atoms with Gasteiger partial charge in [0.2, 0.25) is 5.75 Å². The number of nitrogens with zero attached hydrogens (tertiary/aromatic N) is 3. The zero-order valence-corrected chi connectivity index (χ0v) is 11.2. The third-order valence-electron chi connectivity index (χ3n) is 2.28. The summed E-state index contributed by atoms with van der Waals surface area (Å²) < 4.78 is 5.35. The SMILES string of the molecule is N#Cc1ccc(Oc2cc(Cl)c(Cl)cc2[N+](=O)[O-])cn1. The van der Waals surface area contributed by atoms with Crippen molar-refractivity contribution in [1.29, 1.82) is 5.26 Å². The molecule has 0 radical (unpaired) electrons. The topological polar surface area (TPSA) is 89.0 Å². The summed E-state index contributed by atoms with van der Waals surface area (Å²) in [5, 5.41) is 19.8. The maximum atomic E-state index is 10.9. The fourth-order valence-electron chi connectivity index (χ4n) is 1.38. The van der Waals surface area contributed by atoms with E-state index < -0.39 is 4.92 Å². The first-order chi connectivity index (χ1) is 9.51. The summed E-state index contributed by atoms with van der Waals surface area (Å²) in [5.41, 5.74) is -0.107. The summed E-state index contributed by atoms with van der Waals surface area (Å²) in [4.78, 5) is 14.1. The molecule has 0 unspecified atom stereocenters. The van der Waals surface area contributed by atoms with E-state index in [1.54, 1.807) is 0 Å². The molecule has 0 saturated heterocycles. The number of rotatable bonds is 3. The monoisotopic (exact) mass is 309 g/mol. The van der Waals surface area contributed by atoms with E-state index in [9.17, 15) is 10.1 Å². The Hall–Kier alpha value is -2.36. The van der Waals surface area contributed by atoms with Gasteiger partial charge in [-0.15, -0.1) is 0 Å². The zero-order chi connectivity index (χ0) is 14.7. The predicted molar refractivity (Wildman–Crippen MR) is 72.1 cm³/mol. The second-order valence-corrected chi connectivity index (χ2v) is 4.40. The fourth-order valence-corrected chi connectivity index (χ4v) is 1.69. The van der Waals surface area contributed by atoms with E-state index >= 15 is 0 Å². The number of nitriles is 1. The molecule has 0 amide bonds. The molecule has 1 aromatic heterocycles. The highest BCUT2D eigenvalue weighted by molar-refractivity contribution is 6.42. The summed E-state index contributed by atoms with van der Waals surface area (Å²) in [6.45, 7) is 0. The van der Waals surface area contributed by atoms with Crippen LogP contribution < -0.4 is 4.74 Å². The molecule has 0 aliphatic heterocycles. The van der Waals surface area contributed by atoms with Gasteiger partial charge >= 0.3 is 5.69 Å². The minimum atomic E-state index is -0.630. The van der Waals surface area contributed by atoms with Gasteiger partial charge in [0, 0.05) is 12.1 Å². The minimum Gasteiger partial charge on any atom is -0.448 e. The first kappa shape index (κ1) is 14.1. The van der Waals surface area contributed by atoms with Gasteiger partial charge < -0.3 is 4.74 Å². The number of hydrogen-bond donors (Lipinski definition) is 0. The van der Waals surface area contributed by atoms with Crippen LogP contribution in [0.4, 0.5) is 5.69 Å². The molecule has 2 rings (SSSR count). The van der Waals surface area contributed by atoms with Crippen LogP contribution in [0, 0.1) is 21.4 Å². The van der Waals surface area contributed by atoms with Crippen LogP contribution in [0.25, 0.3) is 0 Å². The van der Waals surface area contributed by atoms with Crippen molar-refractivity contribution < 1.29 is 9.66 Å². The van der Waals surface area contributed by atoms with Crippen molar-refractivity contribution in [2.75, 3.05) is 0 Å². The van der Waals surface area contributed by atoms with Crippen LogP contribution in [-0.2, 0) is 0 Å². The van der Waals surface area contributed by atoms with Crippen LogP contribution in [0.3, 0.4) is 0 Å². The first-order valence-electron chi connectivity index (χ1n) is 5.18. The molecule has 8 heteroatoms. The zero-order valence-electron chi connectivity index (χ0n) is 9.71.